The monoisotopic (exact) mass is 357 g/mol. The molecule has 0 aliphatic heterocycles. The van der Waals surface area contributed by atoms with Gasteiger partial charge in [-0.05, 0) is 36.2 Å². The fourth-order valence-electron chi connectivity index (χ4n) is 2.28. The number of nitrogens with one attached hydrogen (secondary N) is 2. The van der Waals surface area contributed by atoms with Gasteiger partial charge in [0.15, 0.2) is 5.82 Å². The fraction of sp³-hybridized carbons (Fsp3) is 0.167. The average molecular weight is 357 g/mol. The first-order chi connectivity index (χ1) is 12.6. The lowest BCUT2D eigenvalue weighted by Crippen LogP contribution is -2.09. The van der Waals surface area contributed by atoms with Gasteiger partial charge in [0.2, 0.25) is 5.95 Å². The van der Waals surface area contributed by atoms with E-state index in [-0.39, 0.29) is 11.6 Å². The third-order valence-corrected chi connectivity index (χ3v) is 3.62. The van der Waals surface area contributed by atoms with Crippen LogP contribution in [0.5, 0.6) is 5.75 Å². The molecule has 0 aliphatic carbocycles. The molecule has 26 heavy (non-hydrogen) atoms. The van der Waals surface area contributed by atoms with E-state index in [1.165, 1.54) is 12.3 Å². The summed E-state index contributed by atoms with van der Waals surface area (Å²) in [6, 6.07) is 11.0. The molecular weight excluding hydrogens is 340 g/mol. The van der Waals surface area contributed by atoms with Gasteiger partial charge < -0.3 is 15.4 Å². The van der Waals surface area contributed by atoms with E-state index in [0.29, 0.717) is 12.4 Å². The van der Waals surface area contributed by atoms with Crippen LogP contribution in [0.1, 0.15) is 5.56 Å². The summed E-state index contributed by atoms with van der Waals surface area (Å²) >= 11 is 0. The minimum Gasteiger partial charge on any atom is -0.497 e. The molecule has 0 saturated carbocycles. The predicted molar refractivity (Wildman–Crippen MR) is 94.7 cm³/mol. The van der Waals surface area contributed by atoms with E-state index in [4.69, 9.17) is 4.74 Å². The van der Waals surface area contributed by atoms with Gasteiger partial charge in [-0.25, -0.2) is 8.78 Å². The highest BCUT2D eigenvalue weighted by Crippen LogP contribution is 2.18. The largest absolute Gasteiger partial charge is 0.497 e. The molecule has 0 bridgehead atoms. The normalized spacial score (nSPS) is 10.4. The van der Waals surface area contributed by atoms with Crippen molar-refractivity contribution in [2.75, 3.05) is 24.3 Å². The van der Waals surface area contributed by atoms with Crippen LogP contribution in [0.15, 0.2) is 48.7 Å². The van der Waals surface area contributed by atoms with Crippen molar-refractivity contribution in [1.82, 2.24) is 15.2 Å². The second-order valence-electron chi connectivity index (χ2n) is 5.44. The van der Waals surface area contributed by atoms with Crippen LogP contribution in [0.4, 0.5) is 26.2 Å². The molecule has 0 fully saturated rings. The molecule has 2 N–H and O–H groups in total. The first kappa shape index (κ1) is 17.5. The Hall–Kier alpha value is -3.29. The van der Waals surface area contributed by atoms with Crippen LogP contribution in [0.2, 0.25) is 0 Å². The summed E-state index contributed by atoms with van der Waals surface area (Å²) in [5.74, 6) is 0.0430. The molecule has 3 aromatic rings. The number of hydrogen-bond donors (Lipinski definition) is 2. The quantitative estimate of drug-likeness (QED) is 0.674. The minimum atomic E-state index is -0.730. The molecule has 0 radical (unpaired) electrons. The Morgan fingerprint density at radius 3 is 2.62 bits per heavy atom. The van der Waals surface area contributed by atoms with E-state index < -0.39 is 11.6 Å². The molecule has 0 aliphatic rings. The molecule has 1 heterocycles. The standard InChI is InChI=1S/C18H17F2N5O/c1-26-14-5-2-12(3-6-14)8-9-21-17-11-22-25-18(24-17)23-16-7-4-13(19)10-15(16)20/h2-7,10-11H,8-9H2,1H3,(H2,21,23,24,25). The Kier molecular flexibility index (Phi) is 5.52. The van der Waals surface area contributed by atoms with Gasteiger partial charge in [-0.2, -0.15) is 10.1 Å². The van der Waals surface area contributed by atoms with Gasteiger partial charge in [-0.15, -0.1) is 5.10 Å². The lowest BCUT2D eigenvalue weighted by atomic mass is 10.1. The zero-order valence-electron chi connectivity index (χ0n) is 14.0. The van der Waals surface area contributed by atoms with Crippen molar-refractivity contribution in [2.45, 2.75) is 6.42 Å². The molecule has 3 rings (SSSR count). The number of nitrogens with zero attached hydrogens (tertiary/aromatic N) is 3. The number of rotatable bonds is 7. The molecule has 0 saturated heterocycles. The van der Waals surface area contributed by atoms with Crippen molar-refractivity contribution in [1.29, 1.82) is 0 Å². The summed E-state index contributed by atoms with van der Waals surface area (Å²) in [5.41, 5.74) is 1.22. The third-order valence-electron chi connectivity index (χ3n) is 3.62. The summed E-state index contributed by atoms with van der Waals surface area (Å²) in [6.45, 7) is 0.634. The van der Waals surface area contributed by atoms with Crippen molar-refractivity contribution in [3.05, 3.63) is 65.9 Å². The molecule has 0 spiro atoms. The topological polar surface area (TPSA) is 72.0 Å². The zero-order chi connectivity index (χ0) is 18.4. The maximum Gasteiger partial charge on any atom is 0.249 e. The van der Waals surface area contributed by atoms with Crippen molar-refractivity contribution in [3.8, 4) is 5.75 Å². The number of ether oxygens (including phenoxy) is 1. The highest BCUT2D eigenvalue weighted by atomic mass is 19.1. The Labute approximate surface area is 149 Å². The number of aromatic nitrogens is 3. The minimum absolute atomic E-state index is 0.0728. The molecular formula is C18H17F2N5O. The van der Waals surface area contributed by atoms with Gasteiger partial charge >= 0.3 is 0 Å². The molecule has 0 unspecified atom stereocenters. The smallest absolute Gasteiger partial charge is 0.249 e. The summed E-state index contributed by atoms with van der Waals surface area (Å²) in [6.07, 6.45) is 2.25. The number of halogens is 2. The average Bonchev–Trinajstić information content (AvgIpc) is 2.65. The van der Waals surface area contributed by atoms with E-state index in [9.17, 15) is 8.78 Å². The molecule has 134 valence electrons. The number of hydrogen-bond acceptors (Lipinski definition) is 6. The lowest BCUT2D eigenvalue weighted by Gasteiger charge is -2.08. The molecule has 2 aromatic carbocycles. The van der Waals surface area contributed by atoms with Crippen molar-refractivity contribution in [3.63, 3.8) is 0 Å². The summed E-state index contributed by atoms with van der Waals surface area (Å²) in [7, 11) is 1.63. The predicted octanol–water partition coefficient (Wildman–Crippen LogP) is 3.56. The Morgan fingerprint density at radius 1 is 1.08 bits per heavy atom. The maximum absolute atomic E-state index is 13.7. The molecule has 8 heteroatoms. The maximum atomic E-state index is 13.7. The summed E-state index contributed by atoms with van der Waals surface area (Å²) in [4.78, 5) is 4.21. The second kappa shape index (κ2) is 8.19. The first-order valence-corrected chi connectivity index (χ1v) is 7.92. The summed E-state index contributed by atoms with van der Waals surface area (Å²) in [5, 5.41) is 13.4. The van der Waals surface area contributed by atoms with E-state index in [0.717, 1.165) is 29.9 Å². The third kappa shape index (κ3) is 4.62. The van der Waals surface area contributed by atoms with Crippen molar-refractivity contribution in [2.24, 2.45) is 0 Å². The van der Waals surface area contributed by atoms with Gasteiger partial charge in [0.1, 0.15) is 17.4 Å². The SMILES string of the molecule is COc1ccc(CCNc2cnnc(Nc3ccc(F)cc3F)n2)cc1. The van der Waals surface area contributed by atoms with Crippen molar-refractivity contribution < 1.29 is 13.5 Å². The van der Waals surface area contributed by atoms with E-state index >= 15 is 0 Å². The molecule has 0 atom stereocenters. The molecule has 0 amide bonds. The molecule has 6 nitrogen and oxygen atoms in total. The Morgan fingerprint density at radius 2 is 1.88 bits per heavy atom. The van der Waals surface area contributed by atoms with Crippen LogP contribution in [-0.4, -0.2) is 28.8 Å². The molecule has 1 aromatic heterocycles. The number of benzene rings is 2. The highest BCUT2D eigenvalue weighted by molar-refractivity contribution is 5.54. The van der Waals surface area contributed by atoms with Gasteiger partial charge in [0.25, 0.3) is 0 Å². The van der Waals surface area contributed by atoms with Crippen LogP contribution in [0, 0.1) is 11.6 Å². The van der Waals surface area contributed by atoms with E-state index in [1.807, 2.05) is 24.3 Å². The lowest BCUT2D eigenvalue weighted by molar-refractivity contribution is 0.414. The Balaban J connectivity index is 1.58. The van der Waals surface area contributed by atoms with Gasteiger partial charge in [-0.1, -0.05) is 12.1 Å². The number of anilines is 3. The summed E-state index contributed by atoms with van der Waals surface area (Å²) < 4.78 is 31.7. The zero-order valence-corrected chi connectivity index (χ0v) is 14.0. The van der Waals surface area contributed by atoms with Crippen LogP contribution in [0.25, 0.3) is 0 Å². The van der Waals surface area contributed by atoms with Crippen LogP contribution >= 0.6 is 0 Å². The second-order valence-corrected chi connectivity index (χ2v) is 5.44. The first-order valence-electron chi connectivity index (χ1n) is 7.92. The van der Waals surface area contributed by atoms with E-state index in [2.05, 4.69) is 25.8 Å². The number of methoxy groups -OCH3 is 1. The van der Waals surface area contributed by atoms with Crippen LogP contribution in [-0.2, 0) is 6.42 Å². The van der Waals surface area contributed by atoms with Crippen molar-refractivity contribution >= 4 is 17.5 Å². The van der Waals surface area contributed by atoms with Gasteiger partial charge in [-0.3, -0.25) is 0 Å². The fourth-order valence-corrected chi connectivity index (χ4v) is 2.28. The highest BCUT2D eigenvalue weighted by Gasteiger charge is 2.07. The van der Waals surface area contributed by atoms with Crippen LogP contribution < -0.4 is 15.4 Å². The van der Waals surface area contributed by atoms with Gasteiger partial charge in [0, 0.05) is 12.6 Å². The van der Waals surface area contributed by atoms with Crippen LogP contribution in [0.3, 0.4) is 0 Å². The van der Waals surface area contributed by atoms with E-state index in [1.54, 1.807) is 7.11 Å². The van der Waals surface area contributed by atoms with Gasteiger partial charge in [0.05, 0.1) is 19.0 Å². The Bertz CT molecular complexity index is 874.